The Morgan fingerprint density at radius 3 is 2.13 bits per heavy atom. The summed E-state index contributed by atoms with van der Waals surface area (Å²) in [5, 5.41) is 13.3. The molecule has 4 unspecified atom stereocenters. The van der Waals surface area contributed by atoms with Crippen LogP contribution in [0.3, 0.4) is 0 Å². The van der Waals surface area contributed by atoms with Crippen molar-refractivity contribution in [2.75, 3.05) is 13.7 Å². The molecule has 6 rings (SSSR count). The first-order valence-corrected chi connectivity index (χ1v) is 15.0. The van der Waals surface area contributed by atoms with Gasteiger partial charge in [0, 0.05) is 25.6 Å². The van der Waals surface area contributed by atoms with Crippen LogP contribution in [0, 0.1) is 0 Å². The van der Waals surface area contributed by atoms with Gasteiger partial charge in [-0.15, -0.1) is 10.2 Å². The summed E-state index contributed by atoms with van der Waals surface area (Å²) in [6, 6.07) is 21.2. The number of hydrogen-bond acceptors (Lipinski definition) is 6. The minimum Gasteiger partial charge on any atom is -0.383 e. The molecular formula is C33H33F6N5O2. The maximum atomic E-state index is 13.6. The van der Waals surface area contributed by atoms with Gasteiger partial charge in [0.15, 0.2) is 5.82 Å². The van der Waals surface area contributed by atoms with Gasteiger partial charge in [-0.25, -0.2) is 0 Å². The minimum atomic E-state index is -4.95. The zero-order valence-corrected chi connectivity index (χ0v) is 25.0. The Kier molecular flexibility index (Phi) is 8.92. The van der Waals surface area contributed by atoms with E-state index in [2.05, 4.69) is 20.3 Å². The molecule has 0 N–H and O–H groups in total. The Morgan fingerprint density at radius 2 is 1.50 bits per heavy atom. The molecule has 1 aromatic heterocycles. The van der Waals surface area contributed by atoms with E-state index < -0.39 is 41.7 Å². The van der Waals surface area contributed by atoms with Crippen LogP contribution < -0.4 is 0 Å². The Hall–Kier alpha value is -3.81. The molecule has 7 nitrogen and oxygen atoms in total. The van der Waals surface area contributed by atoms with Crippen molar-refractivity contribution in [1.29, 1.82) is 0 Å². The SMILES string of the molecule is COCCn1nnc(C2CC3(c4ccccc4)C(OCc4cc(C(F)(F)F)cc(C(F)(F)F)c4)CCC2N3Cc2ccccc2)n1. The quantitative estimate of drug-likeness (QED) is 0.173. The number of hydrogen-bond donors (Lipinski definition) is 0. The zero-order chi connectivity index (χ0) is 32.5. The molecule has 244 valence electrons. The van der Waals surface area contributed by atoms with Crippen LogP contribution in [0.15, 0.2) is 78.9 Å². The number of rotatable bonds is 10. The third-order valence-electron chi connectivity index (χ3n) is 9.03. The number of nitrogens with zero attached hydrogens (tertiary/aromatic N) is 5. The number of halogens is 6. The summed E-state index contributed by atoms with van der Waals surface area (Å²) in [4.78, 5) is 3.86. The van der Waals surface area contributed by atoms with Gasteiger partial charge < -0.3 is 9.47 Å². The smallest absolute Gasteiger partial charge is 0.383 e. The highest BCUT2D eigenvalue weighted by atomic mass is 19.4. The molecule has 0 spiro atoms. The summed E-state index contributed by atoms with van der Waals surface area (Å²) >= 11 is 0. The Balaban J connectivity index is 1.40. The van der Waals surface area contributed by atoms with E-state index in [1.807, 2.05) is 60.7 Å². The van der Waals surface area contributed by atoms with Crippen LogP contribution in [-0.2, 0) is 47.1 Å². The second-order valence-electron chi connectivity index (χ2n) is 11.8. The van der Waals surface area contributed by atoms with Gasteiger partial charge >= 0.3 is 12.4 Å². The molecule has 13 heteroatoms. The summed E-state index contributed by atoms with van der Waals surface area (Å²) in [6.07, 6.45) is -8.75. The minimum absolute atomic E-state index is 0.0225. The van der Waals surface area contributed by atoms with Crippen molar-refractivity contribution in [3.8, 4) is 0 Å². The number of benzene rings is 3. The molecule has 2 aliphatic rings. The first-order valence-electron chi connectivity index (χ1n) is 15.0. The molecule has 0 amide bonds. The zero-order valence-electron chi connectivity index (χ0n) is 25.0. The maximum absolute atomic E-state index is 13.6. The summed E-state index contributed by atoms with van der Waals surface area (Å²) < 4.78 is 93.4. The normalized spacial score (nSPS) is 23.6. The van der Waals surface area contributed by atoms with Crippen molar-refractivity contribution >= 4 is 0 Å². The van der Waals surface area contributed by atoms with Gasteiger partial charge in [0.2, 0.25) is 0 Å². The van der Waals surface area contributed by atoms with Gasteiger partial charge in [-0.1, -0.05) is 60.7 Å². The van der Waals surface area contributed by atoms with Gasteiger partial charge in [-0.3, -0.25) is 4.90 Å². The van der Waals surface area contributed by atoms with E-state index in [0.717, 1.165) is 23.3 Å². The molecule has 4 atom stereocenters. The van der Waals surface area contributed by atoms with Gasteiger partial charge in [0.25, 0.3) is 0 Å². The lowest BCUT2D eigenvalue weighted by Gasteiger charge is -2.50. The lowest BCUT2D eigenvalue weighted by molar-refractivity contribution is -0.143. The number of tetrazole rings is 1. The topological polar surface area (TPSA) is 65.3 Å². The molecule has 3 heterocycles. The Bertz CT molecular complexity index is 1580. The molecular weight excluding hydrogens is 612 g/mol. The average Bonchev–Trinajstić information content (AvgIpc) is 3.58. The molecule has 2 saturated heterocycles. The second kappa shape index (κ2) is 12.8. The van der Waals surface area contributed by atoms with E-state index in [0.29, 0.717) is 44.8 Å². The predicted molar refractivity (Wildman–Crippen MR) is 155 cm³/mol. The number of ether oxygens (including phenoxy) is 2. The molecule has 0 radical (unpaired) electrons. The van der Waals surface area contributed by atoms with Crippen molar-refractivity contribution in [2.24, 2.45) is 0 Å². The third kappa shape index (κ3) is 6.40. The third-order valence-corrected chi connectivity index (χ3v) is 9.03. The van der Waals surface area contributed by atoms with Crippen LogP contribution in [-0.4, -0.2) is 51.0 Å². The highest BCUT2D eigenvalue weighted by Crippen LogP contribution is 2.57. The van der Waals surface area contributed by atoms with E-state index in [4.69, 9.17) is 9.47 Å². The molecule has 3 aromatic carbocycles. The van der Waals surface area contributed by atoms with Crippen molar-refractivity contribution in [2.45, 2.75) is 74.9 Å². The fourth-order valence-corrected chi connectivity index (χ4v) is 7.03. The largest absolute Gasteiger partial charge is 0.416 e. The molecule has 0 saturated carbocycles. The van der Waals surface area contributed by atoms with Crippen LogP contribution in [0.5, 0.6) is 0 Å². The van der Waals surface area contributed by atoms with Gasteiger partial charge in [0.05, 0.1) is 42.5 Å². The number of fused-ring (bicyclic) bond motifs is 2. The summed E-state index contributed by atoms with van der Waals surface area (Å²) in [6.45, 7) is 0.961. The van der Waals surface area contributed by atoms with Crippen LogP contribution >= 0.6 is 0 Å². The second-order valence-corrected chi connectivity index (χ2v) is 11.8. The molecule has 2 aliphatic heterocycles. The lowest BCUT2D eigenvalue weighted by Crippen LogP contribution is -2.56. The highest BCUT2D eigenvalue weighted by molar-refractivity contribution is 5.35. The monoisotopic (exact) mass is 645 g/mol. The van der Waals surface area contributed by atoms with Crippen LogP contribution in [0.1, 0.15) is 58.8 Å². The van der Waals surface area contributed by atoms with Gasteiger partial charge in [-0.2, -0.15) is 31.1 Å². The fraction of sp³-hybridized carbons (Fsp3) is 0.424. The molecule has 2 fully saturated rings. The number of piperidine rings is 1. The summed E-state index contributed by atoms with van der Waals surface area (Å²) in [7, 11) is 1.59. The average molecular weight is 646 g/mol. The lowest BCUT2D eigenvalue weighted by atomic mass is 9.78. The van der Waals surface area contributed by atoms with Crippen LogP contribution in [0.4, 0.5) is 26.3 Å². The Morgan fingerprint density at radius 1 is 0.848 bits per heavy atom. The van der Waals surface area contributed by atoms with E-state index in [1.165, 1.54) is 4.80 Å². The van der Waals surface area contributed by atoms with E-state index in [9.17, 15) is 26.3 Å². The summed E-state index contributed by atoms with van der Waals surface area (Å²) in [5.74, 6) is 0.421. The van der Waals surface area contributed by atoms with Crippen molar-refractivity contribution < 1.29 is 35.8 Å². The van der Waals surface area contributed by atoms with Crippen LogP contribution in [0.25, 0.3) is 0 Å². The van der Waals surface area contributed by atoms with E-state index >= 15 is 0 Å². The standard InChI is InChI=1S/C33H33F6N5O2/c1-45-15-14-44-41-30(40-42-44)27-19-31(24-10-6-3-7-11-24)29(13-12-28(27)43(31)20-22-8-4-2-5-9-22)46-21-23-16-25(32(34,35)36)18-26(17-23)33(37,38)39/h2-11,16-18,27-29H,12-15,19-21H2,1H3. The number of methoxy groups -OCH3 is 1. The summed E-state index contributed by atoms with van der Waals surface area (Å²) in [5.41, 5.74) is -1.71. The maximum Gasteiger partial charge on any atom is 0.416 e. The molecule has 0 aliphatic carbocycles. The molecule has 4 aromatic rings. The number of alkyl halides is 6. The van der Waals surface area contributed by atoms with Crippen molar-refractivity contribution in [3.63, 3.8) is 0 Å². The van der Waals surface area contributed by atoms with Crippen molar-refractivity contribution in [1.82, 2.24) is 25.1 Å². The molecule has 46 heavy (non-hydrogen) atoms. The van der Waals surface area contributed by atoms with Crippen molar-refractivity contribution in [3.05, 3.63) is 113 Å². The van der Waals surface area contributed by atoms with E-state index in [-0.39, 0.29) is 23.6 Å². The fourth-order valence-electron chi connectivity index (χ4n) is 7.03. The Labute approximate surface area is 262 Å². The predicted octanol–water partition coefficient (Wildman–Crippen LogP) is 6.99. The first kappa shape index (κ1) is 32.1. The highest BCUT2D eigenvalue weighted by Gasteiger charge is 2.61. The van der Waals surface area contributed by atoms with Gasteiger partial charge in [-0.05, 0) is 59.4 Å². The number of aromatic nitrogens is 4. The van der Waals surface area contributed by atoms with Crippen LogP contribution in [0.2, 0.25) is 0 Å². The van der Waals surface area contributed by atoms with E-state index in [1.54, 1.807) is 7.11 Å². The van der Waals surface area contributed by atoms with Gasteiger partial charge in [0.1, 0.15) is 0 Å². The molecule has 2 bridgehead atoms. The first-order chi connectivity index (χ1) is 22.0.